The molecule has 0 amide bonds. The van der Waals surface area contributed by atoms with Gasteiger partial charge in [-0.3, -0.25) is 0 Å². The Kier molecular flexibility index (Phi) is 2.26. The first-order valence-electron chi connectivity index (χ1n) is 4.81. The summed E-state index contributed by atoms with van der Waals surface area (Å²) in [5, 5.41) is 0. The van der Waals surface area contributed by atoms with Gasteiger partial charge >= 0.3 is 0 Å². The van der Waals surface area contributed by atoms with Crippen molar-refractivity contribution in [2.75, 3.05) is 6.54 Å². The summed E-state index contributed by atoms with van der Waals surface area (Å²) in [6.45, 7) is 0.175. The SMILES string of the molecule is NCC1(c2ccc(F)cc2)CC(F)(F)C1. The van der Waals surface area contributed by atoms with Crippen LogP contribution in [0.1, 0.15) is 18.4 Å². The maximum Gasteiger partial charge on any atom is 0.250 e. The molecular weight excluding hydrogens is 203 g/mol. The van der Waals surface area contributed by atoms with Crippen LogP contribution < -0.4 is 5.73 Å². The minimum Gasteiger partial charge on any atom is -0.330 e. The van der Waals surface area contributed by atoms with E-state index in [0.717, 1.165) is 0 Å². The van der Waals surface area contributed by atoms with Gasteiger partial charge in [0.05, 0.1) is 0 Å². The van der Waals surface area contributed by atoms with E-state index in [1.54, 1.807) is 0 Å². The third-order valence-corrected chi connectivity index (χ3v) is 3.04. The second-order valence-electron chi connectivity index (χ2n) is 4.20. The fourth-order valence-corrected chi connectivity index (χ4v) is 2.21. The highest BCUT2D eigenvalue weighted by Gasteiger charge is 2.56. The molecule has 1 aliphatic rings. The minimum absolute atomic E-state index is 0.175. The fraction of sp³-hybridized carbons (Fsp3) is 0.455. The zero-order valence-electron chi connectivity index (χ0n) is 8.14. The quantitative estimate of drug-likeness (QED) is 0.805. The molecule has 82 valence electrons. The van der Waals surface area contributed by atoms with Crippen molar-refractivity contribution in [3.8, 4) is 0 Å². The van der Waals surface area contributed by atoms with E-state index >= 15 is 0 Å². The lowest BCUT2D eigenvalue weighted by atomic mass is 9.62. The number of rotatable bonds is 2. The minimum atomic E-state index is -2.62. The van der Waals surface area contributed by atoms with E-state index in [4.69, 9.17) is 5.73 Å². The first-order chi connectivity index (χ1) is 6.97. The zero-order chi connectivity index (χ0) is 11.1. The molecule has 0 aliphatic heterocycles. The van der Waals surface area contributed by atoms with Crippen LogP contribution in [-0.4, -0.2) is 12.5 Å². The Bertz CT molecular complexity index is 351. The highest BCUT2D eigenvalue weighted by atomic mass is 19.3. The van der Waals surface area contributed by atoms with Gasteiger partial charge in [0.25, 0.3) is 0 Å². The van der Waals surface area contributed by atoms with Crippen LogP contribution in [-0.2, 0) is 5.41 Å². The molecule has 0 bridgehead atoms. The maximum atomic E-state index is 12.9. The van der Waals surface area contributed by atoms with Gasteiger partial charge in [-0.05, 0) is 17.7 Å². The van der Waals surface area contributed by atoms with Crippen LogP contribution in [0.3, 0.4) is 0 Å². The highest BCUT2D eigenvalue weighted by molar-refractivity contribution is 5.31. The molecule has 1 nitrogen and oxygen atoms in total. The van der Waals surface area contributed by atoms with Gasteiger partial charge in [-0.25, -0.2) is 13.2 Å². The molecule has 0 aromatic heterocycles. The fourth-order valence-electron chi connectivity index (χ4n) is 2.21. The number of benzene rings is 1. The smallest absolute Gasteiger partial charge is 0.250 e. The molecule has 4 heteroatoms. The Balaban J connectivity index is 2.25. The molecule has 0 saturated heterocycles. The van der Waals surface area contributed by atoms with Crippen LogP contribution >= 0.6 is 0 Å². The van der Waals surface area contributed by atoms with Gasteiger partial charge in [0.2, 0.25) is 5.92 Å². The van der Waals surface area contributed by atoms with Gasteiger partial charge in [-0.1, -0.05) is 12.1 Å². The first kappa shape index (κ1) is 10.5. The maximum absolute atomic E-state index is 12.9. The van der Waals surface area contributed by atoms with Crippen LogP contribution in [0, 0.1) is 5.82 Å². The predicted molar refractivity (Wildman–Crippen MR) is 51.3 cm³/mol. The van der Waals surface area contributed by atoms with Gasteiger partial charge in [-0.15, -0.1) is 0 Å². The Morgan fingerprint density at radius 1 is 1.13 bits per heavy atom. The lowest BCUT2D eigenvalue weighted by Crippen LogP contribution is -2.53. The van der Waals surface area contributed by atoms with E-state index in [1.807, 2.05) is 0 Å². The van der Waals surface area contributed by atoms with Crippen molar-refractivity contribution in [3.05, 3.63) is 35.6 Å². The van der Waals surface area contributed by atoms with Crippen molar-refractivity contribution in [2.45, 2.75) is 24.2 Å². The third kappa shape index (κ3) is 1.74. The molecule has 0 radical (unpaired) electrons. The van der Waals surface area contributed by atoms with Crippen LogP contribution in [0.5, 0.6) is 0 Å². The number of hydrogen-bond donors (Lipinski definition) is 1. The molecule has 1 aromatic rings. The van der Waals surface area contributed by atoms with Crippen LogP contribution in [0.2, 0.25) is 0 Å². The molecular formula is C11H12F3N. The standard InChI is InChI=1S/C11H12F3N/c12-9-3-1-8(2-4-9)10(7-15)5-11(13,14)6-10/h1-4H,5-7,15H2. The lowest BCUT2D eigenvalue weighted by Gasteiger charge is -2.47. The number of alkyl halides is 2. The van der Waals surface area contributed by atoms with E-state index < -0.39 is 11.3 Å². The van der Waals surface area contributed by atoms with Gasteiger partial charge < -0.3 is 5.73 Å². The summed E-state index contributed by atoms with van der Waals surface area (Å²) in [6.07, 6.45) is -0.468. The van der Waals surface area contributed by atoms with E-state index in [1.165, 1.54) is 24.3 Å². The molecule has 1 fully saturated rings. The monoisotopic (exact) mass is 215 g/mol. The van der Waals surface area contributed by atoms with Crippen molar-refractivity contribution in [1.82, 2.24) is 0 Å². The second kappa shape index (κ2) is 3.23. The van der Waals surface area contributed by atoms with Gasteiger partial charge in [-0.2, -0.15) is 0 Å². The van der Waals surface area contributed by atoms with E-state index in [0.29, 0.717) is 5.56 Å². The average Bonchev–Trinajstić information content (AvgIpc) is 2.14. The Morgan fingerprint density at radius 2 is 1.67 bits per heavy atom. The molecule has 0 spiro atoms. The lowest BCUT2D eigenvalue weighted by molar-refractivity contribution is -0.123. The van der Waals surface area contributed by atoms with Crippen LogP contribution in [0.4, 0.5) is 13.2 Å². The normalized spacial score (nSPS) is 22.1. The Hall–Kier alpha value is -1.03. The average molecular weight is 215 g/mol. The van der Waals surface area contributed by atoms with Crippen LogP contribution in [0.25, 0.3) is 0 Å². The first-order valence-corrected chi connectivity index (χ1v) is 4.81. The zero-order valence-corrected chi connectivity index (χ0v) is 8.14. The summed E-state index contributed by atoms with van der Waals surface area (Å²) in [5.41, 5.74) is 5.58. The Labute approximate surface area is 86.1 Å². The van der Waals surface area contributed by atoms with Crippen molar-refractivity contribution in [3.63, 3.8) is 0 Å². The van der Waals surface area contributed by atoms with E-state index in [2.05, 4.69) is 0 Å². The van der Waals surface area contributed by atoms with E-state index in [-0.39, 0.29) is 25.2 Å². The summed E-state index contributed by atoms with van der Waals surface area (Å²) in [5.74, 6) is -2.98. The molecule has 1 aliphatic carbocycles. The largest absolute Gasteiger partial charge is 0.330 e. The van der Waals surface area contributed by atoms with Crippen molar-refractivity contribution >= 4 is 0 Å². The molecule has 15 heavy (non-hydrogen) atoms. The summed E-state index contributed by atoms with van der Waals surface area (Å²) in [6, 6.07) is 5.64. The predicted octanol–water partition coefficient (Wildman–Crippen LogP) is 2.45. The topological polar surface area (TPSA) is 26.0 Å². The second-order valence-corrected chi connectivity index (χ2v) is 4.20. The van der Waals surface area contributed by atoms with Gasteiger partial charge in [0, 0.05) is 24.8 Å². The third-order valence-electron chi connectivity index (χ3n) is 3.04. The van der Waals surface area contributed by atoms with Crippen molar-refractivity contribution in [2.24, 2.45) is 5.73 Å². The number of nitrogens with two attached hydrogens (primary N) is 1. The summed E-state index contributed by atoms with van der Waals surface area (Å²) in [4.78, 5) is 0. The summed E-state index contributed by atoms with van der Waals surface area (Å²) < 4.78 is 38.4. The van der Waals surface area contributed by atoms with E-state index in [9.17, 15) is 13.2 Å². The number of hydrogen-bond acceptors (Lipinski definition) is 1. The summed E-state index contributed by atoms with van der Waals surface area (Å²) >= 11 is 0. The molecule has 0 unspecified atom stereocenters. The molecule has 2 N–H and O–H groups in total. The van der Waals surface area contributed by atoms with Crippen LogP contribution in [0.15, 0.2) is 24.3 Å². The highest BCUT2D eigenvalue weighted by Crippen LogP contribution is 2.52. The summed E-state index contributed by atoms with van der Waals surface area (Å²) in [7, 11) is 0. The molecule has 1 aromatic carbocycles. The van der Waals surface area contributed by atoms with Gasteiger partial charge in [0.15, 0.2) is 0 Å². The Morgan fingerprint density at radius 3 is 2.07 bits per heavy atom. The molecule has 1 saturated carbocycles. The molecule has 0 heterocycles. The van der Waals surface area contributed by atoms with Crippen molar-refractivity contribution < 1.29 is 13.2 Å². The molecule has 2 rings (SSSR count). The van der Waals surface area contributed by atoms with Crippen molar-refractivity contribution in [1.29, 1.82) is 0 Å². The molecule has 0 atom stereocenters. The van der Waals surface area contributed by atoms with Gasteiger partial charge in [0.1, 0.15) is 5.82 Å². The number of halogens is 3.